The van der Waals surface area contributed by atoms with Crippen molar-refractivity contribution in [2.45, 2.75) is 38.1 Å². The Morgan fingerprint density at radius 3 is 2.38 bits per heavy atom. The molecule has 13 heavy (non-hydrogen) atoms. The molecule has 1 saturated carbocycles. The molecule has 2 aliphatic rings. The predicted octanol–water partition coefficient (Wildman–Crippen LogP) is 1.24. The zero-order valence-corrected chi connectivity index (χ0v) is 7.83. The number of hydrogen-bond acceptors (Lipinski definition) is 2. The normalized spacial score (nSPS) is 35.4. The number of aliphatic carboxylic acids is 1. The molecule has 2 fully saturated rings. The second-order valence-corrected chi connectivity index (χ2v) is 4.28. The first kappa shape index (κ1) is 9.00. The maximum absolute atomic E-state index is 10.8. The Balaban J connectivity index is 1.89. The summed E-state index contributed by atoms with van der Waals surface area (Å²) in [6.45, 7) is 0.677. The fraction of sp³-hybridized carbons (Fsp3) is 0.900. The SMILES string of the molecule is O=C(O)C1CNC1C1CCCCC1. The number of rotatable bonds is 2. The largest absolute Gasteiger partial charge is 0.481 e. The minimum Gasteiger partial charge on any atom is -0.481 e. The van der Waals surface area contributed by atoms with Gasteiger partial charge in [-0.25, -0.2) is 0 Å². The number of carbonyl (C=O) groups is 1. The fourth-order valence-corrected chi connectivity index (χ4v) is 2.60. The van der Waals surface area contributed by atoms with Gasteiger partial charge in [0.05, 0.1) is 5.92 Å². The van der Waals surface area contributed by atoms with Gasteiger partial charge in [0.25, 0.3) is 0 Å². The van der Waals surface area contributed by atoms with Crippen LogP contribution in [0.25, 0.3) is 0 Å². The third-order valence-corrected chi connectivity index (χ3v) is 3.48. The molecule has 0 aromatic rings. The van der Waals surface area contributed by atoms with Gasteiger partial charge < -0.3 is 10.4 Å². The predicted molar refractivity (Wildman–Crippen MR) is 49.5 cm³/mol. The lowest BCUT2D eigenvalue weighted by Gasteiger charge is -2.42. The summed E-state index contributed by atoms with van der Waals surface area (Å²) in [5.74, 6) is -0.0963. The van der Waals surface area contributed by atoms with E-state index < -0.39 is 5.97 Å². The van der Waals surface area contributed by atoms with E-state index >= 15 is 0 Å². The van der Waals surface area contributed by atoms with Crippen LogP contribution < -0.4 is 5.32 Å². The van der Waals surface area contributed by atoms with Crippen molar-refractivity contribution in [1.82, 2.24) is 5.32 Å². The monoisotopic (exact) mass is 183 g/mol. The van der Waals surface area contributed by atoms with Gasteiger partial charge in [0.15, 0.2) is 0 Å². The van der Waals surface area contributed by atoms with E-state index in [2.05, 4.69) is 5.32 Å². The van der Waals surface area contributed by atoms with E-state index in [-0.39, 0.29) is 12.0 Å². The molecule has 1 saturated heterocycles. The van der Waals surface area contributed by atoms with Crippen LogP contribution in [0.3, 0.4) is 0 Å². The van der Waals surface area contributed by atoms with Crippen molar-refractivity contribution < 1.29 is 9.90 Å². The first-order valence-electron chi connectivity index (χ1n) is 5.25. The highest BCUT2D eigenvalue weighted by atomic mass is 16.4. The van der Waals surface area contributed by atoms with Crippen LogP contribution in [-0.2, 0) is 4.79 Å². The Morgan fingerprint density at radius 2 is 1.92 bits per heavy atom. The number of carboxylic acids is 1. The van der Waals surface area contributed by atoms with Crippen LogP contribution in [0.1, 0.15) is 32.1 Å². The highest BCUT2D eigenvalue weighted by Crippen LogP contribution is 2.32. The number of hydrogen-bond donors (Lipinski definition) is 2. The Labute approximate surface area is 78.5 Å². The van der Waals surface area contributed by atoms with Crippen LogP contribution in [0.5, 0.6) is 0 Å². The molecule has 74 valence electrons. The molecular formula is C10H17NO2. The summed E-state index contributed by atoms with van der Waals surface area (Å²) in [6, 6.07) is 0.276. The van der Waals surface area contributed by atoms with Crippen molar-refractivity contribution >= 4 is 5.97 Å². The van der Waals surface area contributed by atoms with E-state index in [9.17, 15) is 4.79 Å². The molecule has 2 atom stereocenters. The first-order chi connectivity index (χ1) is 6.29. The van der Waals surface area contributed by atoms with E-state index in [1.807, 2.05) is 0 Å². The minimum absolute atomic E-state index is 0.108. The quantitative estimate of drug-likeness (QED) is 0.677. The molecule has 3 heteroatoms. The topological polar surface area (TPSA) is 49.3 Å². The second-order valence-electron chi connectivity index (χ2n) is 4.28. The standard InChI is InChI=1S/C10H17NO2/c12-10(13)8-6-11-9(8)7-4-2-1-3-5-7/h7-9,11H,1-6H2,(H,12,13). The minimum atomic E-state index is -0.616. The summed E-state index contributed by atoms with van der Waals surface area (Å²) in [7, 11) is 0. The van der Waals surface area contributed by atoms with Gasteiger partial charge in [-0.2, -0.15) is 0 Å². The number of carboxylic acid groups (broad SMARTS) is 1. The average molecular weight is 183 g/mol. The maximum Gasteiger partial charge on any atom is 0.309 e. The lowest BCUT2D eigenvalue weighted by Crippen LogP contribution is -2.60. The molecule has 0 aromatic carbocycles. The summed E-state index contributed by atoms with van der Waals surface area (Å²) < 4.78 is 0. The van der Waals surface area contributed by atoms with E-state index in [4.69, 9.17) is 5.11 Å². The van der Waals surface area contributed by atoms with Crippen LogP contribution in [0.2, 0.25) is 0 Å². The van der Waals surface area contributed by atoms with Crippen molar-refractivity contribution in [2.75, 3.05) is 6.54 Å². The first-order valence-corrected chi connectivity index (χ1v) is 5.25. The zero-order chi connectivity index (χ0) is 9.26. The lowest BCUT2D eigenvalue weighted by atomic mass is 9.75. The van der Waals surface area contributed by atoms with E-state index in [1.165, 1.54) is 32.1 Å². The van der Waals surface area contributed by atoms with Crippen molar-refractivity contribution in [1.29, 1.82) is 0 Å². The smallest absolute Gasteiger partial charge is 0.309 e. The molecule has 1 aliphatic carbocycles. The number of nitrogens with one attached hydrogen (secondary N) is 1. The van der Waals surface area contributed by atoms with E-state index in [0.717, 1.165) is 0 Å². The third kappa shape index (κ3) is 1.70. The van der Waals surface area contributed by atoms with Gasteiger partial charge in [0, 0.05) is 12.6 Å². The third-order valence-electron chi connectivity index (χ3n) is 3.48. The Bertz CT molecular complexity index is 199. The summed E-state index contributed by atoms with van der Waals surface area (Å²) in [4.78, 5) is 10.8. The van der Waals surface area contributed by atoms with Crippen molar-refractivity contribution in [3.05, 3.63) is 0 Å². The average Bonchev–Trinajstić information content (AvgIpc) is 2.02. The molecule has 0 spiro atoms. The molecule has 2 N–H and O–H groups in total. The zero-order valence-electron chi connectivity index (χ0n) is 7.83. The van der Waals surface area contributed by atoms with Gasteiger partial charge in [-0.05, 0) is 18.8 Å². The van der Waals surface area contributed by atoms with E-state index in [1.54, 1.807) is 0 Å². The van der Waals surface area contributed by atoms with Crippen LogP contribution in [-0.4, -0.2) is 23.7 Å². The molecule has 0 radical (unpaired) electrons. The highest BCUT2D eigenvalue weighted by Gasteiger charge is 2.41. The summed E-state index contributed by atoms with van der Waals surface area (Å²) >= 11 is 0. The molecule has 0 aromatic heterocycles. The van der Waals surface area contributed by atoms with Gasteiger partial charge in [-0.15, -0.1) is 0 Å². The van der Waals surface area contributed by atoms with Gasteiger partial charge in [-0.3, -0.25) is 4.79 Å². The highest BCUT2D eigenvalue weighted by molar-refractivity contribution is 5.72. The molecule has 0 amide bonds. The summed E-state index contributed by atoms with van der Waals surface area (Å²) in [5.41, 5.74) is 0. The molecule has 2 rings (SSSR count). The van der Waals surface area contributed by atoms with Gasteiger partial charge in [0.2, 0.25) is 0 Å². The summed E-state index contributed by atoms with van der Waals surface area (Å²) in [5, 5.41) is 12.2. The van der Waals surface area contributed by atoms with Gasteiger partial charge in [0.1, 0.15) is 0 Å². The Hall–Kier alpha value is -0.570. The van der Waals surface area contributed by atoms with Gasteiger partial charge in [-0.1, -0.05) is 19.3 Å². The van der Waals surface area contributed by atoms with Crippen LogP contribution >= 0.6 is 0 Å². The molecule has 3 nitrogen and oxygen atoms in total. The summed E-state index contributed by atoms with van der Waals surface area (Å²) in [6.07, 6.45) is 6.36. The maximum atomic E-state index is 10.8. The van der Waals surface area contributed by atoms with Crippen LogP contribution in [0, 0.1) is 11.8 Å². The van der Waals surface area contributed by atoms with Crippen LogP contribution in [0.15, 0.2) is 0 Å². The van der Waals surface area contributed by atoms with Crippen molar-refractivity contribution in [2.24, 2.45) is 11.8 Å². The molecule has 1 heterocycles. The van der Waals surface area contributed by atoms with Gasteiger partial charge >= 0.3 is 5.97 Å². The van der Waals surface area contributed by atoms with E-state index in [0.29, 0.717) is 12.5 Å². The Morgan fingerprint density at radius 1 is 1.23 bits per heavy atom. The molecule has 0 bridgehead atoms. The second kappa shape index (κ2) is 3.66. The molecule has 2 unspecified atom stereocenters. The Kier molecular flexibility index (Phi) is 2.54. The lowest BCUT2D eigenvalue weighted by molar-refractivity contribution is -0.146. The molecule has 1 aliphatic heterocycles. The van der Waals surface area contributed by atoms with Crippen molar-refractivity contribution in [3.8, 4) is 0 Å². The van der Waals surface area contributed by atoms with Crippen LogP contribution in [0.4, 0.5) is 0 Å². The molecular weight excluding hydrogens is 166 g/mol. The van der Waals surface area contributed by atoms with Crippen molar-refractivity contribution in [3.63, 3.8) is 0 Å². The fourth-order valence-electron chi connectivity index (χ4n) is 2.60.